The summed E-state index contributed by atoms with van der Waals surface area (Å²) in [4.78, 5) is 12.5. The number of ketones is 1. The fourth-order valence-corrected chi connectivity index (χ4v) is 2.48. The average Bonchev–Trinajstić information content (AvgIpc) is 2.67. The lowest BCUT2D eigenvalue weighted by Gasteiger charge is -2.10. The summed E-state index contributed by atoms with van der Waals surface area (Å²) < 4.78 is 12.9. The van der Waals surface area contributed by atoms with E-state index in [-0.39, 0.29) is 11.6 Å². The second kappa shape index (κ2) is 8.06. The van der Waals surface area contributed by atoms with Gasteiger partial charge < -0.3 is 5.32 Å². The maximum atomic E-state index is 12.9. The van der Waals surface area contributed by atoms with Crippen LogP contribution in [0.2, 0.25) is 0 Å². The van der Waals surface area contributed by atoms with Gasteiger partial charge in [0.2, 0.25) is 0 Å². The van der Waals surface area contributed by atoms with E-state index >= 15 is 0 Å². The summed E-state index contributed by atoms with van der Waals surface area (Å²) >= 11 is 0. The summed E-state index contributed by atoms with van der Waals surface area (Å²) in [7, 11) is 0. The van der Waals surface area contributed by atoms with Crippen LogP contribution in [-0.2, 0) is 6.54 Å². The lowest BCUT2D eigenvalue weighted by molar-refractivity contribution is 0.104. The minimum atomic E-state index is -0.293. The average molecular weight is 331 g/mol. The number of para-hydroxylation sites is 1. The first kappa shape index (κ1) is 16.7. The van der Waals surface area contributed by atoms with Crippen molar-refractivity contribution in [3.8, 4) is 0 Å². The molecule has 0 aliphatic heterocycles. The second-order valence-corrected chi connectivity index (χ2v) is 5.63. The third kappa shape index (κ3) is 4.64. The Morgan fingerprint density at radius 1 is 0.880 bits per heavy atom. The molecule has 124 valence electrons. The lowest BCUT2D eigenvalue weighted by atomic mass is 10.1. The maximum Gasteiger partial charge on any atom is 0.187 e. The topological polar surface area (TPSA) is 29.1 Å². The summed E-state index contributed by atoms with van der Waals surface area (Å²) in [5.41, 5.74) is 3.33. The zero-order chi connectivity index (χ0) is 17.5. The van der Waals surface area contributed by atoms with Crippen LogP contribution in [0.4, 0.5) is 10.1 Å². The molecule has 3 aromatic carbocycles. The minimum absolute atomic E-state index is 0.0968. The Balaban J connectivity index is 1.73. The normalized spacial score (nSPS) is 10.8. The molecule has 0 aliphatic rings. The van der Waals surface area contributed by atoms with Crippen LogP contribution in [0.15, 0.2) is 84.9 Å². The molecular weight excluding hydrogens is 313 g/mol. The number of carbonyl (C=O) groups excluding carboxylic acids is 1. The van der Waals surface area contributed by atoms with Crippen molar-refractivity contribution in [2.75, 3.05) is 5.32 Å². The van der Waals surface area contributed by atoms with E-state index in [1.807, 2.05) is 48.5 Å². The highest BCUT2D eigenvalue weighted by Crippen LogP contribution is 2.18. The molecule has 0 bridgehead atoms. The number of hydrogen-bond donors (Lipinski definition) is 1. The first-order chi connectivity index (χ1) is 12.2. The Kier molecular flexibility index (Phi) is 5.37. The molecule has 0 heterocycles. The molecular formula is C22H18FNO. The molecule has 0 fully saturated rings. The van der Waals surface area contributed by atoms with Gasteiger partial charge in [-0.3, -0.25) is 4.79 Å². The van der Waals surface area contributed by atoms with E-state index in [0.717, 1.165) is 16.8 Å². The maximum absolute atomic E-state index is 12.9. The number of carbonyl (C=O) groups is 1. The Hall–Kier alpha value is -3.20. The highest BCUT2D eigenvalue weighted by atomic mass is 19.1. The molecule has 3 rings (SSSR count). The van der Waals surface area contributed by atoms with E-state index in [9.17, 15) is 9.18 Å². The number of rotatable bonds is 6. The Morgan fingerprint density at radius 2 is 1.56 bits per heavy atom. The Morgan fingerprint density at radius 3 is 2.32 bits per heavy atom. The van der Waals surface area contributed by atoms with Crippen molar-refractivity contribution >= 4 is 17.5 Å². The van der Waals surface area contributed by atoms with Gasteiger partial charge in [-0.05, 0) is 41.5 Å². The molecule has 0 saturated carbocycles. The predicted octanol–water partition coefficient (Wildman–Crippen LogP) is 5.33. The molecule has 0 saturated heterocycles. The lowest BCUT2D eigenvalue weighted by Crippen LogP contribution is -2.05. The van der Waals surface area contributed by atoms with Gasteiger partial charge in [-0.2, -0.15) is 0 Å². The predicted molar refractivity (Wildman–Crippen MR) is 100.0 cm³/mol. The van der Waals surface area contributed by atoms with E-state index in [0.29, 0.717) is 12.1 Å². The number of allylic oxidation sites excluding steroid dienone is 1. The summed E-state index contributed by atoms with van der Waals surface area (Å²) in [5, 5.41) is 3.31. The first-order valence-electron chi connectivity index (χ1n) is 8.07. The van der Waals surface area contributed by atoms with Gasteiger partial charge >= 0.3 is 0 Å². The fraction of sp³-hybridized carbons (Fsp3) is 0.0455. The van der Waals surface area contributed by atoms with Crippen LogP contribution in [0, 0.1) is 5.82 Å². The quantitative estimate of drug-likeness (QED) is 0.488. The molecule has 0 atom stereocenters. The van der Waals surface area contributed by atoms with Crippen molar-refractivity contribution in [1.29, 1.82) is 0 Å². The summed E-state index contributed by atoms with van der Waals surface area (Å²) in [6, 6.07) is 23.5. The molecule has 0 aliphatic carbocycles. The summed E-state index contributed by atoms with van der Waals surface area (Å²) in [6.07, 6.45) is 3.20. The van der Waals surface area contributed by atoms with Crippen molar-refractivity contribution < 1.29 is 9.18 Å². The molecule has 3 aromatic rings. The molecule has 1 N–H and O–H groups in total. The molecule has 3 heteroatoms. The van der Waals surface area contributed by atoms with E-state index < -0.39 is 0 Å². The Labute approximate surface area is 146 Å². The third-order valence-corrected chi connectivity index (χ3v) is 3.82. The van der Waals surface area contributed by atoms with Gasteiger partial charge in [-0.15, -0.1) is 0 Å². The van der Waals surface area contributed by atoms with Crippen LogP contribution in [-0.4, -0.2) is 5.78 Å². The zero-order valence-corrected chi connectivity index (χ0v) is 13.7. The SMILES string of the molecule is O=C(/C=C/c1ccc(F)cc1)c1ccccc1NCc1ccccc1. The summed E-state index contributed by atoms with van der Waals surface area (Å²) in [6.45, 7) is 0.646. The highest BCUT2D eigenvalue weighted by Gasteiger charge is 2.08. The first-order valence-corrected chi connectivity index (χ1v) is 8.07. The molecule has 0 amide bonds. The van der Waals surface area contributed by atoms with Gasteiger partial charge in [-0.25, -0.2) is 4.39 Å². The monoisotopic (exact) mass is 331 g/mol. The van der Waals surface area contributed by atoms with Crippen molar-refractivity contribution in [3.05, 3.63) is 107 Å². The van der Waals surface area contributed by atoms with E-state index in [1.165, 1.54) is 18.2 Å². The second-order valence-electron chi connectivity index (χ2n) is 5.63. The largest absolute Gasteiger partial charge is 0.380 e. The van der Waals surface area contributed by atoms with Crippen LogP contribution in [0.5, 0.6) is 0 Å². The highest BCUT2D eigenvalue weighted by molar-refractivity contribution is 6.10. The van der Waals surface area contributed by atoms with Gasteiger partial charge in [0.1, 0.15) is 5.82 Å². The van der Waals surface area contributed by atoms with Gasteiger partial charge in [-0.1, -0.05) is 60.7 Å². The van der Waals surface area contributed by atoms with Crippen molar-refractivity contribution in [2.45, 2.75) is 6.54 Å². The smallest absolute Gasteiger partial charge is 0.187 e. The standard InChI is InChI=1S/C22H18FNO/c23-19-13-10-17(11-14-19)12-15-22(25)20-8-4-5-9-21(20)24-16-18-6-2-1-3-7-18/h1-15,24H,16H2/b15-12+. The third-order valence-electron chi connectivity index (χ3n) is 3.82. The van der Waals surface area contributed by atoms with Crippen LogP contribution < -0.4 is 5.32 Å². The van der Waals surface area contributed by atoms with Gasteiger partial charge in [0.15, 0.2) is 5.78 Å². The van der Waals surface area contributed by atoms with Crippen LogP contribution in [0.3, 0.4) is 0 Å². The zero-order valence-electron chi connectivity index (χ0n) is 13.7. The summed E-state index contributed by atoms with van der Waals surface area (Å²) in [5.74, 6) is -0.389. The van der Waals surface area contributed by atoms with Crippen LogP contribution in [0.1, 0.15) is 21.5 Å². The van der Waals surface area contributed by atoms with Gasteiger partial charge in [0.05, 0.1) is 0 Å². The number of hydrogen-bond acceptors (Lipinski definition) is 2. The molecule has 0 radical (unpaired) electrons. The van der Waals surface area contributed by atoms with E-state index in [2.05, 4.69) is 5.32 Å². The van der Waals surface area contributed by atoms with Crippen LogP contribution in [0.25, 0.3) is 6.08 Å². The molecule has 0 spiro atoms. The number of benzene rings is 3. The van der Waals surface area contributed by atoms with Gasteiger partial charge in [0, 0.05) is 17.8 Å². The molecule has 0 unspecified atom stereocenters. The number of anilines is 1. The van der Waals surface area contributed by atoms with E-state index in [1.54, 1.807) is 24.3 Å². The van der Waals surface area contributed by atoms with Crippen molar-refractivity contribution in [3.63, 3.8) is 0 Å². The van der Waals surface area contributed by atoms with Crippen molar-refractivity contribution in [2.24, 2.45) is 0 Å². The van der Waals surface area contributed by atoms with E-state index in [4.69, 9.17) is 0 Å². The Bertz CT molecular complexity index is 870. The van der Waals surface area contributed by atoms with Crippen molar-refractivity contribution in [1.82, 2.24) is 0 Å². The minimum Gasteiger partial charge on any atom is -0.380 e. The fourth-order valence-electron chi connectivity index (χ4n) is 2.48. The van der Waals surface area contributed by atoms with Crippen LogP contribution >= 0.6 is 0 Å². The number of nitrogens with one attached hydrogen (secondary N) is 1. The molecule has 2 nitrogen and oxygen atoms in total. The molecule has 0 aromatic heterocycles. The molecule has 25 heavy (non-hydrogen) atoms. The van der Waals surface area contributed by atoms with Gasteiger partial charge in [0.25, 0.3) is 0 Å². The number of halogens is 1.